The minimum atomic E-state index is -0.0837. The number of benzene rings is 1. The van der Waals surface area contributed by atoms with E-state index in [-0.39, 0.29) is 12.3 Å². The minimum Gasteiger partial charge on any atom is -0.326 e. The van der Waals surface area contributed by atoms with Crippen LogP contribution >= 0.6 is 22.9 Å². The maximum absolute atomic E-state index is 12.4. The third-order valence-corrected chi connectivity index (χ3v) is 5.41. The molecule has 0 radical (unpaired) electrons. The Morgan fingerprint density at radius 3 is 2.44 bits per heavy atom. The molecule has 7 heteroatoms. The number of hydrogen-bond donors (Lipinski definition) is 1. The number of thiazole rings is 1. The molecule has 0 spiro atoms. The highest BCUT2D eigenvalue weighted by molar-refractivity contribution is 7.14. The molecular formula is C18H19ClN4OS. The number of carbonyl (C=O) groups is 1. The monoisotopic (exact) mass is 374 g/mol. The van der Waals surface area contributed by atoms with Gasteiger partial charge in [0.1, 0.15) is 0 Å². The molecule has 2 aromatic heterocycles. The summed E-state index contributed by atoms with van der Waals surface area (Å²) in [7, 11) is 0. The Bertz CT molecular complexity index is 908. The third kappa shape index (κ3) is 3.75. The number of anilines is 1. The Kier molecular flexibility index (Phi) is 4.92. The van der Waals surface area contributed by atoms with Crippen LogP contribution in [0, 0.1) is 27.7 Å². The molecule has 0 aliphatic heterocycles. The molecule has 0 bridgehead atoms. The van der Waals surface area contributed by atoms with E-state index in [2.05, 4.69) is 15.4 Å². The molecule has 3 rings (SSSR count). The fourth-order valence-electron chi connectivity index (χ4n) is 2.56. The van der Waals surface area contributed by atoms with Crippen LogP contribution in [0.25, 0.3) is 5.13 Å². The van der Waals surface area contributed by atoms with E-state index in [0.717, 1.165) is 33.5 Å². The minimum absolute atomic E-state index is 0.0837. The average Bonchev–Trinajstić information content (AvgIpc) is 3.03. The Balaban J connectivity index is 1.80. The van der Waals surface area contributed by atoms with Crippen molar-refractivity contribution in [3.63, 3.8) is 0 Å². The highest BCUT2D eigenvalue weighted by Crippen LogP contribution is 2.24. The molecule has 0 fully saturated rings. The van der Waals surface area contributed by atoms with Gasteiger partial charge in [0.05, 0.1) is 17.8 Å². The van der Waals surface area contributed by atoms with Crippen LogP contribution in [0.1, 0.15) is 27.5 Å². The van der Waals surface area contributed by atoms with Crippen LogP contribution in [0.3, 0.4) is 0 Å². The highest BCUT2D eigenvalue weighted by Gasteiger charge is 2.18. The molecule has 3 aromatic rings. The van der Waals surface area contributed by atoms with Gasteiger partial charge in [0, 0.05) is 26.8 Å². The van der Waals surface area contributed by atoms with E-state index in [4.69, 9.17) is 11.6 Å². The molecule has 0 atom stereocenters. The number of aromatic nitrogens is 3. The summed E-state index contributed by atoms with van der Waals surface area (Å²) >= 11 is 7.47. The number of hydrogen-bond acceptors (Lipinski definition) is 4. The molecule has 0 unspecified atom stereocenters. The maximum atomic E-state index is 12.4. The Hall–Kier alpha value is -2.18. The summed E-state index contributed by atoms with van der Waals surface area (Å²) in [5.41, 5.74) is 4.45. The van der Waals surface area contributed by atoms with E-state index >= 15 is 0 Å². The molecule has 1 N–H and O–H groups in total. The predicted octanol–water partition coefficient (Wildman–Crippen LogP) is 4.40. The summed E-state index contributed by atoms with van der Waals surface area (Å²) in [5.74, 6) is -0.0837. The Labute approximate surface area is 155 Å². The zero-order valence-corrected chi connectivity index (χ0v) is 16.1. The molecule has 130 valence electrons. The molecule has 1 aromatic carbocycles. The molecule has 0 aliphatic carbocycles. The number of aryl methyl sites for hydroxylation is 3. The molecule has 0 saturated heterocycles. The van der Waals surface area contributed by atoms with E-state index in [0.29, 0.717) is 5.02 Å². The lowest BCUT2D eigenvalue weighted by atomic mass is 10.1. The number of carbonyl (C=O) groups excluding carboxylic acids is 1. The molecule has 1 amide bonds. The Morgan fingerprint density at radius 2 is 1.84 bits per heavy atom. The topological polar surface area (TPSA) is 59.8 Å². The van der Waals surface area contributed by atoms with Crippen LogP contribution in [0.5, 0.6) is 0 Å². The predicted molar refractivity (Wildman–Crippen MR) is 102 cm³/mol. The van der Waals surface area contributed by atoms with Gasteiger partial charge in [0.2, 0.25) is 11.0 Å². The molecular weight excluding hydrogens is 356 g/mol. The second kappa shape index (κ2) is 6.98. The van der Waals surface area contributed by atoms with Gasteiger partial charge >= 0.3 is 0 Å². The molecule has 2 heterocycles. The second-order valence-corrected chi connectivity index (χ2v) is 7.55. The largest absolute Gasteiger partial charge is 0.326 e. The summed E-state index contributed by atoms with van der Waals surface area (Å²) in [6.45, 7) is 7.92. The van der Waals surface area contributed by atoms with Crippen LogP contribution in [0.15, 0.2) is 24.3 Å². The van der Waals surface area contributed by atoms with E-state index in [1.54, 1.807) is 35.6 Å². The zero-order chi connectivity index (χ0) is 18.1. The van der Waals surface area contributed by atoms with Crippen molar-refractivity contribution in [1.29, 1.82) is 0 Å². The van der Waals surface area contributed by atoms with Gasteiger partial charge in [-0.2, -0.15) is 5.10 Å². The first-order valence-corrected chi connectivity index (χ1v) is 9.09. The SMILES string of the molecule is Cc1nc(-n2nc(C)c(CC(=O)Nc3ccc(Cl)cc3)c2C)sc1C. The van der Waals surface area contributed by atoms with Crippen LogP contribution in [0.2, 0.25) is 5.02 Å². The molecule has 0 aliphatic rings. The van der Waals surface area contributed by atoms with Crippen molar-refractivity contribution in [3.8, 4) is 5.13 Å². The number of rotatable bonds is 4. The van der Waals surface area contributed by atoms with Crippen molar-refractivity contribution >= 4 is 34.5 Å². The first-order chi connectivity index (χ1) is 11.8. The average molecular weight is 375 g/mol. The molecule has 5 nitrogen and oxygen atoms in total. The summed E-state index contributed by atoms with van der Waals surface area (Å²) < 4.78 is 1.82. The fraction of sp³-hybridized carbons (Fsp3) is 0.278. The zero-order valence-electron chi connectivity index (χ0n) is 14.6. The first kappa shape index (κ1) is 17.6. The van der Waals surface area contributed by atoms with Gasteiger partial charge in [-0.15, -0.1) is 0 Å². The van der Waals surface area contributed by atoms with Gasteiger partial charge in [-0.05, 0) is 52.0 Å². The third-order valence-electron chi connectivity index (χ3n) is 4.10. The smallest absolute Gasteiger partial charge is 0.228 e. The van der Waals surface area contributed by atoms with E-state index in [9.17, 15) is 4.79 Å². The van der Waals surface area contributed by atoms with Crippen molar-refractivity contribution in [2.45, 2.75) is 34.1 Å². The summed E-state index contributed by atoms with van der Waals surface area (Å²) in [4.78, 5) is 18.1. The van der Waals surface area contributed by atoms with Crippen molar-refractivity contribution in [3.05, 3.63) is 56.8 Å². The number of halogens is 1. The standard InChI is InChI=1S/C18H19ClN4OS/c1-10-13(4)25-18(20-10)23-12(3)16(11(2)22-23)9-17(24)21-15-7-5-14(19)6-8-15/h5-8H,9H2,1-4H3,(H,21,24). The quantitative estimate of drug-likeness (QED) is 0.736. The number of nitrogens with one attached hydrogen (secondary N) is 1. The van der Waals surface area contributed by atoms with Gasteiger partial charge in [0.15, 0.2) is 0 Å². The first-order valence-electron chi connectivity index (χ1n) is 7.90. The van der Waals surface area contributed by atoms with Gasteiger partial charge in [0.25, 0.3) is 0 Å². The van der Waals surface area contributed by atoms with Gasteiger partial charge in [-0.25, -0.2) is 9.67 Å². The molecule has 25 heavy (non-hydrogen) atoms. The molecule has 0 saturated carbocycles. The summed E-state index contributed by atoms with van der Waals surface area (Å²) in [5, 5.41) is 8.93. The van der Waals surface area contributed by atoms with Gasteiger partial charge < -0.3 is 5.32 Å². The van der Waals surface area contributed by atoms with Crippen molar-refractivity contribution in [2.75, 3.05) is 5.32 Å². The Morgan fingerprint density at radius 1 is 1.16 bits per heavy atom. The number of nitrogens with zero attached hydrogens (tertiary/aromatic N) is 3. The lowest BCUT2D eigenvalue weighted by Crippen LogP contribution is -2.15. The van der Waals surface area contributed by atoms with Crippen molar-refractivity contribution < 1.29 is 4.79 Å². The fourth-order valence-corrected chi connectivity index (χ4v) is 3.60. The van der Waals surface area contributed by atoms with Crippen LogP contribution in [0.4, 0.5) is 5.69 Å². The van der Waals surface area contributed by atoms with Crippen LogP contribution in [-0.2, 0) is 11.2 Å². The summed E-state index contributed by atoms with van der Waals surface area (Å²) in [6, 6.07) is 7.06. The van der Waals surface area contributed by atoms with Crippen LogP contribution < -0.4 is 5.32 Å². The lowest BCUT2D eigenvalue weighted by Gasteiger charge is -2.06. The van der Waals surface area contributed by atoms with Crippen molar-refractivity contribution in [1.82, 2.24) is 14.8 Å². The van der Waals surface area contributed by atoms with E-state index in [1.165, 1.54) is 4.88 Å². The van der Waals surface area contributed by atoms with Gasteiger partial charge in [-0.3, -0.25) is 4.79 Å². The second-order valence-electron chi connectivity index (χ2n) is 5.93. The van der Waals surface area contributed by atoms with Crippen LogP contribution in [-0.4, -0.2) is 20.7 Å². The summed E-state index contributed by atoms with van der Waals surface area (Å²) in [6.07, 6.45) is 0.267. The maximum Gasteiger partial charge on any atom is 0.228 e. The van der Waals surface area contributed by atoms with E-state index in [1.807, 2.05) is 32.4 Å². The number of amides is 1. The normalized spacial score (nSPS) is 10.9. The van der Waals surface area contributed by atoms with Gasteiger partial charge in [-0.1, -0.05) is 22.9 Å². The highest BCUT2D eigenvalue weighted by atomic mass is 35.5. The van der Waals surface area contributed by atoms with E-state index < -0.39 is 0 Å². The lowest BCUT2D eigenvalue weighted by molar-refractivity contribution is -0.115. The van der Waals surface area contributed by atoms with Crippen molar-refractivity contribution in [2.24, 2.45) is 0 Å².